The number of aromatic amines is 1. The Morgan fingerprint density at radius 1 is 1.65 bits per heavy atom. The normalized spacial score (nSPS) is 23.6. The average Bonchev–Trinajstić information content (AvgIpc) is 2.85. The number of carbonyl (C=O) groups excluding carboxylic acids is 1. The maximum Gasteiger partial charge on any atom is 0.354 e. The second-order valence-corrected chi connectivity index (χ2v) is 4.25. The van der Waals surface area contributed by atoms with Crippen molar-refractivity contribution in [1.29, 1.82) is 0 Å². The maximum absolute atomic E-state index is 11.9. The third-order valence-electron chi connectivity index (χ3n) is 2.70. The zero-order valence-corrected chi connectivity index (χ0v) is 9.32. The number of ether oxygens (including phenoxy) is 1. The number of imidazole rings is 1. The highest BCUT2D eigenvalue weighted by Gasteiger charge is 2.33. The molecule has 1 aliphatic heterocycles. The largest absolute Gasteiger partial charge is 0.477 e. The zero-order valence-electron chi connectivity index (χ0n) is 9.32. The van der Waals surface area contributed by atoms with E-state index in [2.05, 4.69) is 15.3 Å². The number of amides is 1. The van der Waals surface area contributed by atoms with Gasteiger partial charge in [0, 0.05) is 6.61 Å². The van der Waals surface area contributed by atoms with E-state index in [1.54, 1.807) is 0 Å². The van der Waals surface area contributed by atoms with Gasteiger partial charge in [0.1, 0.15) is 0 Å². The van der Waals surface area contributed by atoms with E-state index in [1.165, 1.54) is 6.33 Å². The molecule has 1 aromatic rings. The molecule has 1 amide bonds. The molecule has 2 rings (SSSR count). The van der Waals surface area contributed by atoms with Gasteiger partial charge in [0.05, 0.1) is 18.5 Å². The molecule has 0 bridgehead atoms. The first-order valence-corrected chi connectivity index (χ1v) is 5.19. The van der Waals surface area contributed by atoms with Crippen molar-refractivity contribution in [1.82, 2.24) is 15.3 Å². The van der Waals surface area contributed by atoms with E-state index in [9.17, 15) is 9.59 Å². The number of hydrogen-bond acceptors (Lipinski definition) is 4. The van der Waals surface area contributed by atoms with Crippen molar-refractivity contribution >= 4 is 11.9 Å². The molecule has 0 spiro atoms. The van der Waals surface area contributed by atoms with Crippen LogP contribution in [0.15, 0.2) is 6.33 Å². The molecule has 0 aliphatic carbocycles. The molecule has 7 heteroatoms. The second kappa shape index (κ2) is 4.17. The SMILES string of the molecule is CC1(NC(=O)c2nc[nH]c2C(=O)O)CCOC1. The minimum atomic E-state index is -1.21. The highest BCUT2D eigenvalue weighted by atomic mass is 16.5. The Morgan fingerprint density at radius 3 is 3.00 bits per heavy atom. The number of H-pyrrole nitrogens is 1. The van der Waals surface area contributed by atoms with Crippen LogP contribution in [0.5, 0.6) is 0 Å². The minimum absolute atomic E-state index is 0.106. The fourth-order valence-corrected chi connectivity index (χ4v) is 1.73. The number of nitrogens with zero attached hydrogens (tertiary/aromatic N) is 1. The van der Waals surface area contributed by atoms with Gasteiger partial charge in [-0.2, -0.15) is 0 Å². The van der Waals surface area contributed by atoms with E-state index < -0.39 is 17.4 Å². The zero-order chi connectivity index (χ0) is 12.5. The molecule has 3 N–H and O–H groups in total. The predicted octanol–water partition coefficient (Wildman–Crippen LogP) is 0.0167. The van der Waals surface area contributed by atoms with Crippen LogP contribution in [0.2, 0.25) is 0 Å². The highest BCUT2D eigenvalue weighted by molar-refractivity contribution is 6.02. The molecule has 2 heterocycles. The molecule has 0 radical (unpaired) electrons. The molecule has 0 saturated carbocycles. The van der Waals surface area contributed by atoms with Crippen LogP contribution in [-0.4, -0.2) is 45.7 Å². The summed E-state index contributed by atoms with van der Waals surface area (Å²) in [6.45, 7) is 2.86. The number of rotatable bonds is 3. The minimum Gasteiger partial charge on any atom is -0.477 e. The van der Waals surface area contributed by atoms with E-state index in [-0.39, 0.29) is 11.4 Å². The van der Waals surface area contributed by atoms with Crippen molar-refractivity contribution in [3.8, 4) is 0 Å². The van der Waals surface area contributed by atoms with Gasteiger partial charge in [-0.3, -0.25) is 4.79 Å². The molecule has 0 aromatic carbocycles. The number of carboxylic acid groups (broad SMARTS) is 1. The van der Waals surface area contributed by atoms with Gasteiger partial charge in [0.15, 0.2) is 11.4 Å². The fraction of sp³-hybridized carbons (Fsp3) is 0.500. The average molecular weight is 239 g/mol. The van der Waals surface area contributed by atoms with Gasteiger partial charge in [-0.05, 0) is 13.3 Å². The van der Waals surface area contributed by atoms with Gasteiger partial charge in [0.2, 0.25) is 0 Å². The summed E-state index contributed by atoms with van der Waals surface area (Å²) in [4.78, 5) is 28.9. The monoisotopic (exact) mass is 239 g/mol. The third kappa shape index (κ3) is 2.28. The Hall–Kier alpha value is -1.89. The lowest BCUT2D eigenvalue weighted by Gasteiger charge is -2.22. The Morgan fingerprint density at radius 2 is 2.41 bits per heavy atom. The Balaban J connectivity index is 2.14. The van der Waals surface area contributed by atoms with E-state index in [0.29, 0.717) is 19.6 Å². The van der Waals surface area contributed by atoms with E-state index in [1.807, 2.05) is 6.92 Å². The molecule has 1 unspecified atom stereocenters. The van der Waals surface area contributed by atoms with Crippen molar-refractivity contribution in [2.45, 2.75) is 18.9 Å². The summed E-state index contributed by atoms with van der Waals surface area (Å²) in [5, 5.41) is 11.6. The van der Waals surface area contributed by atoms with Crippen molar-refractivity contribution in [2.75, 3.05) is 13.2 Å². The van der Waals surface area contributed by atoms with Gasteiger partial charge in [-0.25, -0.2) is 9.78 Å². The molecular weight excluding hydrogens is 226 g/mol. The Labute approximate surface area is 97.2 Å². The molecule has 92 valence electrons. The Bertz CT molecular complexity index is 448. The quantitative estimate of drug-likeness (QED) is 0.689. The number of carboxylic acids is 1. The number of aromatic carboxylic acids is 1. The van der Waals surface area contributed by atoms with Gasteiger partial charge >= 0.3 is 5.97 Å². The predicted molar refractivity (Wildman–Crippen MR) is 56.9 cm³/mol. The summed E-state index contributed by atoms with van der Waals surface area (Å²) in [5.41, 5.74) is -0.762. The first kappa shape index (κ1) is 11.6. The summed E-state index contributed by atoms with van der Waals surface area (Å²) in [7, 11) is 0. The smallest absolute Gasteiger partial charge is 0.354 e. The van der Waals surface area contributed by atoms with Crippen molar-refractivity contribution in [3.05, 3.63) is 17.7 Å². The summed E-state index contributed by atoms with van der Waals surface area (Å²) in [6, 6.07) is 0. The van der Waals surface area contributed by atoms with Crippen LogP contribution >= 0.6 is 0 Å². The fourth-order valence-electron chi connectivity index (χ4n) is 1.73. The molecule has 1 fully saturated rings. The topological polar surface area (TPSA) is 104 Å². The van der Waals surface area contributed by atoms with Crippen molar-refractivity contribution < 1.29 is 19.4 Å². The lowest BCUT2D eigenvalue weighted by molar-refractivity contribution is 0.0683. The summed E-state index contributed by atoms with van der Waals surface area (Å²) in [6.07, 6.45) is 1.89. The van der Waals surface area contributed by atoms with Crippen LogP contribution in [0.1, 0.15) is 34.3 Å². The number of aromatic nitrogens is 2. The van der Waals surface area contributed by atoms with Crippen LogP contribution in [-0.2, 0) is 4.74 Å². The van der Waals surface area contributed by atoms with E-state index in [4.69, 9.17) is 9.84 Å². The van der Waals surface area contributed by atoms with Crippen molar-refractivity contribution in [2.24, 2.45) is 0 Å². The van der Waals surface area contributed by atoms with Crippen LogP contribution in [0.4, 0.5) is 0 Å². The third-order valence-corrected chi connectivity index (χ3v) is 2.70. The molecule has 17 heavy (non-hydrogen) atoms. The Kier molecular flexibility index (Phi) is 2.84. The van der Waals surface area contributed by atoms with Crippen LogP contribution < -0.4 is 5.32 Å². The first-order chi connectivity index (χ1) is 8.02. The summed E-state index contributed by atoms with van der Waals surface area (Å²) >= 11 is 0. The molecule has 1 saturated heterocycles. The van der Waals surface area contributed by atoms with Crippen LogP contribution in [0.25, 0.3) is 0 Å². The van der Waals surface area contributed by atoms with Crippen LogP contribution in [0, 0.1) is 0 Å². The standard InChI is InChI=1S/C10H13N3O4/c1-10(2-3-17-4-10)13-8(14)6-7(9(15)16)12-5-11-6/h5H,2-4H2,1H3,(H,11,12)(H,13,14)(H,15,16). The summed E-state index contributed by atoms with van der Waals surface area (Å²) in [5.74, 6) is -1.71. The molecule has 1 aromatic heterocycles. The van der Waals surface area contributed by atoms with Gasteiger partial charge in [0.25, 0.3) is 5.91 Å². The van der Waals surface area contributed by atoms with Crippen molar-refractivity contribution in [3.63, 3.8) is 0 Å². The summed E-state index contributed by atoms with van der Waals surface area (Å²) < 4.78 is 5.20. The van der Waals surface area contributed by atoms with Crippen LogP contribution in [0.3, 0.4) is 0 Å². The second-order valence-electron chi connectivity index (χ2n) is 4.25. The van der Waals surface area contributed by atoms with Gasteiger partial charge in [-0.1, -0.05) is 0 Å². The maximum atomic E-state index is 11.9. The number of hydrogen-bond donors (Lipinski definition) is 3. The first-order valence-electron chi connectivity index (χ1n) is 5.19. The van der Waals surface area contributed by atoms with Gasteiger partial charge < -0.3 is 20.1 Å². The van der Waals surface area contributed by atoms with E-state index >= 15 is 0 Å². The molecular formula is C10H13N3O4. The number of nitrogens with one attached hydrogen (secondary N) is 2. The molecule has 1 aliphatic rings. The molecule has 7 nitrogen and oxygen atoms in total. The lowest BCUT2D eigenvalue weighted by Crippen LogP contribution is -2.46. The highest BCUT2D eigenvalue weighted by Crippen LogP contribution is 2.18. The van der Waals surface area contributed by atoms with E-state index in [0.717, 1.165) is 0 Å². The lowest BCUT2D eigenvalue weighted by atomic mass is 10.0. The molecule has 1 atom stereocenters. The number of carbonyl (C=O) groups is 2. The van der Waals surface area contributed by atoms with Gasteiger partial charge in [-0.15, -0.1) is 0 Å².